The highest BCUT2D eigenvalue weighted by Gasteiger charge is 2.40. The highest BCUT2D eigenvalue weighted by Crippen LogP contribution is 2.38. The van der Waals surface area contributed by atoms with Gasteiger partial charge >= 0.3 is 0 Å². The molecule has 2 aliphatic heterocycles. The molecule has 0 N–H and O–H groups in total. The molecule has 0 saturated carbocycles. The summed E-state index contributed by atoms with van der Waals surface area (Å²) in [5.41, 5.74) is 1.21. The van der Waals surface area contributed by atoms with E-state index in [1.54, 1.807) is 0 Å². The lowest BCUT2D eigenvalue weighted by Gasteiger charge is -2.36. The minimum absolute atomic E-state index is 0.241. The molecule has 3 heteroatoms. The molecule has 108 valence electrons. The number of ketones is 1. The Morgan fingerprint density at radius 2 is 2.00 bits per heavy atom. The molecule has 3 rings (SSSR count). The predicted octanol–water partition coefficient (Wildman–Crippen LogP) is 3.56. The molecule has 3 unspecified atom stereocenters. The Balaban J connectivity index is 1.80. The van der Waals surface area contributed by atoms with Gasteiger partial charge < -0.3 is 9.64 Å². The highest BCUT2D eigenvalue weighted by molar-refractivity contribution is 5.83. The number of fused-ring (bicyclic) bond motifs is 2. The number of carbonyl (C=O) groups is 1. The molecule has 0 radical (unpaired) electrons. The second-order valence-corrected chi connectivity index (χ2v) is 6.07. The van der Waals surface area contributed by atoms with Crippen molar-refractivity contribution in [3.05, 3.63) is 24.3 Å². The Kier molecular flexibility index (Phi) is 3.68. The number of benzene rings is 1. The molecular formula is C17H23NO2. The first kappa shape index (κ1) is 13.5. The third-order valence-corrected chi connectivity index (χ3v) is 4.57. The number of hydrogen-bond donors (Lipinski definition) is 0. The van der Waals surface area contributed by atoms with Crippen LogP contribution in [0, 0.1) is 0 Å². The second-order valence-electron chi connectivity index (χ2n) is 6.07. The van der Waals surface area contributed by atoms with Gasteiger partial charge in [0, 0.05) is 36.7 Å². The van der Waals surface area contributed by atoms with Crippen molar-refractivity contribution in [2.75, 3.05) is 4.90 Å². The van der Waals surface area contributed by atoms with Gasteiger partial charge in [0.15, 0.2) is 0 Å². The summed E-state index contributed by atoms with van der Waals surface area (Å²) in [5.74, 6) is 1.37. The van der Waals surface area contributed by atoms with Crippen molar-refractivity contribution >= 4 is 11.5 Å². The van der Waals surface area contributed by atoms with E-state index in [0.29, 0.717) is 30.7 Å². The first-order chi connectivity index (χ1) is 9.67. The van der Waals surface area contributed by atoms with Crippen LogP contribution in [0.2, 0.25) is 0 Å². The normalized spacial score (nSPS) is 26.7. The SMILES string of the molecule is CCC(C)Oc1cccc(N2C3CCC2CC(=O)C3)c1. The van der Waals surface area contributed by atoms with E-state index in [1.165, 1.54) is 5.69 Å². The zero-order valence-electron chi connectivity index (χ0n) is 12.3. The zero-order valence-corrected chi connectivity index (χ0v) is 12.3. The van der Waals surface area contributed by atoms with Gasteiger partial charge in [-0.2, -0.15) is 0 Å². The summed E-state index contributed by atoms with van der Waals surface area (Å²) in [7, 11) is 0. The van der Waals surface area contributed by atoms with Crippen LogP contribution >= 0.6 is 0 Å². The van der Waals surface area contributed by atoms with Crippen LogP contribution in [0.1, 0.15) is 46.0 Å². The number of Topliss-reactive ketones (excluding diaryl/α,β-unsaturated/α-hetero) is 1. The molecule has 2 aliphatic rings. The number of nitrogens with zero attached hydrogens (tertiary/aromatic N) is 1. The summed E-state index contributed by atoms with van der Waals surface area (Å²) >= 11 is 0. The van der Waals surface area contributed by atoms with Crippen molar-refractivity contribution < 1.29 is 9.53 Å². The smallest absolute Gasteiger partial charge is 0.137 e. The van der Waals surface area contributed by atoms with Crippen molar-refractivity contribution in [3.63, 3.8) is 0 Å². The third kappa shape index (κ3) is 2.54. The lowest BCUT2D eigenvalue weighted by Crippen LogP contribution is -2.43. The quantitative estimate of drug-likeness (QED) is 0.840. The minimum atomic E-state index is 0.241. The summed E-state index contributed by atoms with van der Waals surface area (Å²) in [6, 6.07) is 9.16. The fraction of sp³-hybridized carbons (Fsp3) is 0.588. The predicted molar refractivity (Wildman–Crippen MR) is 80.4 cm³/mol. The molecule has 2 saturated heterocycles. The summed E-state index contributed by atoms with van der Waals surface area (Å²) in [6.45, 7) is 4.22. The van der Waals surface area contributed by atoms with Crippen LogP contribution < -0.4 is 9.64 Å². The van der Waals surface area contributed by atoms with E-state index in [9.17, 15) is 4.79 Å². The molecule has 2 bridgehead atoms. The fourth-order valence-corrected chi connectivity index (χ4v) is 3.43. The number of ether oxygens (including phenoxy) is 1. The largest absolute Gasteiger partial charge is 0.491 e. The van der Waals surface area contributed by atoms with Crippen LogP contribution in [0.5, 0.6) is 5.75 Å². The van der Waals surface area contributed by atoms with Gasteiger partial charge in [-0.3, -0.25) is 4.79 Å². The van der Waals surface area contributed by atoms with Gasteiger partial charge in [0.25, 0.3) is 0 Å². The van der Waals surface area contributed by atoms with Gasteiger partial charge in [0.05, 0.1) is 6.10 Å². The third-order valence-electron chi connectivity index (χ3n) is 4.57. The van der Waals surface area contributed by atoms with Crippen LogP contribution in [0.4, 0.5) is 5.69 Å². The van der Waals surface area contributed by atoms with Crippen LogP contribution in [-0.2, 0) is 4.79 Å². The van der Waals surface area contributed by atoms with E-state index in [2.05, 4.69) is 36.9 Å². The first-order valence-electron chi connectivity index (χ1n) is 7.74. The van der Waals surface area contributed by atoms with Gasteiger partial charge in [-0.25, -0.2) is 0 Å². The standard InChI is InChI=1S/C17H23NO2/c1-3-12(2)20-17-6-4-5-13(11-17)18-14-7-8-15(18)10-16(19)9-14/h4-6,11-12,14-15H,3,7-10H2,1-2H3. The topological polar surface area (TPSA) is 29.5 Å². The van der Waals surface area contributed by atoms with E-state index in [1.807, 2.05) is 6.07 Å². The molecule has 3 atom stereocenters. The maximum Gasteiger partial charge on any atom is 0.137 e. The Labute approximate surface area is 120 Å². The Hall–Kier alpha value is -1.51. The molecular weight excluding hydrogens is 250 g/mol. The van der Waals surface area contributed by atoms with Crippen LogP contribution in [0.3, 0.4) is 0 Å². The van der Waals surface area contributed by atoms with Crippen molar-refractivity contribution in [3.8, 4) is 5.75 Å². The highest BCUT2D eigenvalue weighted by atomic mass is 16.5. The number of piperidine rings is 1. The van der Waals surface area contributed by atoms with Gasteiger partial charge in [0.2, 0.25) is 0 Å². The molecule has 3 nitrogen and oxygen atoms in total. The van der Waals surface area contributed by atoms with Crippen LogP contribution in [0.15, 0.2) is 24.3 Å². The summed E-state index contributed by atoms with van der Waals surface area (Å²) < 4.78 is 5.91. The minimum Gasteiger partial charge on any atom is -0.491 e. The number of hydrogen-bond acceptors (Lipinski definition) is 3. The van der Waals surface area contributed by atoms with E-state index in [-0.39, 0.29) is 6.10 Å². The maximum atomic E-state index is 11.7. The van der Waals surface area contributed by atoms with Crippen LogP contribution in [0.25, 0.3) is 0 Å². The zero-order chi connectivity index (χ0) is 14.1. The first-order valence-corrected chi connectivity index (χ1v) is 7.74. The summed E-state index contributed by atoms with van der Waals surface area (Å²) in [5, 5.41) is 0. The fourth-order valence-electron chi connectivity index (χ4n) is 3.43. The molecule has 0 spiro atoms. The van der Waals surface area contributed by atoms with E-state index in [0.717, 1.165) is 25.0 Å². The summed E-state index contributed by atoms with van der Waals surface area (Å²) in [4.78, 5) is 14.1. The number of rotatable bonds is 4. The van der Waals surface area contributed by atoms with Crippen LogP contribution in [-0.4, -0.2) is 24.0 Å². The molecule has 2 heterocycles. The lowest BCUT2D eigenvalue weighted by atomic mass is 10.0. The van der Waals surface area contributed by atoms with Gasteiger partial charge in [0.1, 0.15) is 11.5 Å². The van der Waals surface area contributed by atoms with Gasteiger partial charge in [-0.15, -0.1) is 0 Å². The number of carbonyl (C=O) groups excluding carboxylic acids is 1. The molecule has 1 aromatic carbocycles. The average Bonchev–Trinajstić information content (AvgIpc) is 2.71. The molecule has 2 fully saturated rings. The van der Waals surface area contributed by atoms with Gasteiger partial charge in [-0.1, -0.05) is 13.0 Å². The Morgan fingerprint density at radius 1 is 1.30 bits per heavy atom. The average molecular weight is 273 g/mol. The monoisotopic (exact) mass is 273 g/mol. The van der Waals surface area contributed by atoms with E-state index >= 15 is 0 Å². The van der Waals surface area contributed by atoms with E-state index in [4.69, 9.17) is 4.74 Å². The molecule has 0 amide bonds. The van der Waals surface area contributed by atoms with Crippen molar-refractivity contribution in [1.82, 2.24) is 0 Å². The molecule has 0 aromatic heterocycles. The summed E-state index contributed by atoms with van der Waals surface area (Å²) in [6.07, 6.45) is 4.97. The lowest BCUT2D eigenvalue weighted by molar-refractivity contribution is -0.120. The second kappa shape index (κ2) is 5.47. The van der Waals surface area contributed by atoms with Crippen molar-refractivity contribution in [1.29, 1.82) is 0 Å². The number of anilines is 1. The molecule has 0 aliphatic carbocycles. The maximum absolute atomic E-state index is 11.7. The van der Waals surface area contributed by atoms with Crippen molar-refractivity contribution in [2.24, 2.45) is 0 Å². The molecule has 20 heavy (non-hydrogen) atoms. The molecule has 1 aromatic rings. The van der Waals surface area contributed by atoms with E-state index < -0.39 is 0 Å². The van der Waals surface area contributed by atoms with Crippen molar-refractivity contribution in [2.45, 2.75) is 64.1 Å². The Morgan fingerprint density at radius 3 is 2.65 bits per heavy atom. The van der Waals surface area contributed by atoms with Gasteiger partial charge in [-0.05, 0) is 38.3 Å². The Bertz CT molecular complexity index is 484.